The van der Waals surface area contributed by atoms with Crippen LogP contribution in [0.3, 0.4) is 0 Å². The van der Waals surface area contributed by atoms with Crippen LogP contribution >= 0.6 is 22.9 Å². The van der Waals surface area contributed by atoms with E-state index in [0.717, 1.165) is 20.0 Å². The Bertz CT molecular complexity index is 995. The van der Waals surface area contributed by atoms with Crippen molar-refractivity contribution >= 4 is 44.8 Å². The van der Waals surface area contributed by atoms with Gasteiger partial charge in [0.25, 0.3) is 0 Å². The summed E-state index contributed by atoms with van der Waals surface area (Å²) in [5.74, 6) is -1.42. The summed E-state index contributed by atoms with van der Waals surface area (Å²) in [6, 6.07) is 7.98. The fraction of sp³-hybridized carbons (Fsp3) is 0.440. The van der Waals surface area contributed by atoms with E-state index in [0.29, 0.717) is 38.5 Å². The van der Waals surface area contributed by atoms with E-state index in [9.17, 15) is 19.8 Å². The number of Topliss-reactive ketones (excluding diaryl/α,β-unsaturated/α-hetero) is 1. The number of allylic oxidation sites excluding steroid dienone is 3. The predicted octanol–water partition coefficient (Wildman–Crippen LogP) is 5.17. The second-order valence-electron chi connectivity index (χ2n) is 8.24. The molecule has 3 N–H and O–H groups in total. The van der Waals surface area contributed by atoms with Crippen molar-refractivity contribution in [2.24, 2.45) is 11.8 Å². The van der Waals surface area contributed by atoms with Gasteiger partial charge in [-0.1, -0.05) is 54.1 Å². The first kappa shape index (κ1) is 24.6. The topological polar surface area (TPSA) is 94.8 Å². The monoisotopic (exact) mass is 476 g/mol. The molecule has 0 amide bonds. The van der Waals surface area contributed by atoms with Gasteiger partial charge in [0.2, 0.25) is 0 Å². The quantitative estimate of drug-likeness (QED) is 0.307. The number of benzene rings is 1. The molecule has 4 atom stereocenters. The molecule has 0 saturated heterocycles. The number of unbranched alkanes of at least 4 members (excludes halogenated alkanes) is 1. The Morgan fingerprint density at radius 1 is 1.28 bits per heavy atom. The number of aliphatic hydroxyl groups is 2. The maximum absolute atomic E-state index is 12.3. The third-order valence-electron chi connectivity index (χ3n) is 5.87. The van der Waals surface area contributed by atoms with E-state index in [-0.39, 0.29) is 24.0 Å². The number of carbonyl (C=O) groups is 2. The van der Waals surface area contributed by atoms with Gasteiger partial charge in [0.05, 0.1) is 11.1 Å². The fourth-order valence-electron chi connectivity index (χ4n) is 4.10. The Hall–Kier alpha value is -1.99. The van der Waals surface area contributed by atoms with Gasteiger partial charge in [0.1, 0.15) is 6.10 Å². The minimum Gasteiger partial charge on any atom is -0.481 e. The highest BCUT2D eigenvalue weighted by atomic mass is 35.5. The van der Waals surface area contributed by atoms with Crippen LogP contribution in [0.5, 0.6) is 0 Å². The van der Waals surface area contributed by atoms with Gasteiger partial charge >= 0.3 is 5.97 Å². The average molecular weight is 477 g/mol. The van der Waals surface area contributed by atoms with Gasteiger partial charge in [0.15, 0.2) is 5.78 Å². The second-order valence-corrected chi connectivity index (χ2v) is 9.76. The standard InChI is InChI=1S/C25H29ClO5S/c26-24-19-8-5-6-9-21(19)32-22(24)14-13-17(27)12-11-16-15-20(28)25(31)18(16)7-3-1-2-4-10-23(29)30/h1,3,5-6,8-9,11-12,16-18,20,27-28H,2,4,7,10,13-15H2,(H,29,30)/b3-1-,12-11+/t16-,17+,18+,20?/m0/s1. The van der Waals surface area contributed by atoms with Gasteiger partial charge in [-0.25, -0.2) is 0 Å². The molecule has 1 unspecified atom stereocenters. The summed E-state index contributed by atoms with van der Waals surface area (Å²) in [7, 11) is 0. The Kier molecular flexibility index (Phi) is 9.05. The molecular formula is C25H29ClO5S. The summed E-state index contributed by atoms with van der Waals surface area (Å²) in [5.41, 5.74) is 0. The molecule has 7 heteroatoms. The van der Waals surface area contributed by atoms with Crippen molar-refractivity contribution in [3.05, 3.63) is 58.5 Å². The number of hydrogen-bond acceptors (Lipinski definition) is 5. The molecule has 1 aromatic heterocycles. The molecule has 1 aromatic carbocycles. The molecule has 32 heavy (non-hydrogen) atoms. The highest BCUT2D eigenvalue weighted by molar-refractivity contribution is 7.19. The Morgan fingerprint density at radius 2 is 2.06 bits per heavy atom. The van der Waals surface area contributed by atoms with Crippen LogP contribution in [-0.4, -0.2) is 39.3 Å². The number of aryl methyl sites for hydroxylation is 1. The minimum atomic E-state index is -0.968. The lowest BCUT2D eigenvalue weighted by molar-refractivity contribution is -0.137. The molecule has 1 saturated carbocycles. The number of hydrogen-bond donors (Lipinski definition) is 3. The molecule has 0 aliphatic heterocycles. The number of carboxylic acid groups (broad SMARTS) is 1. The molecular weight excluding hydrogens is 448 g/mol. The van der Waals surface area contributed by atoms with Crippen LogP contribution in [-0.2, 0) is 16.0 Å². The number of aliphatic carboxylic acids is 1. The van der Waals surface area contributed by atoms with E-state index in [1.165, 1.54) is 0 Å². The first-order valence-electron chi connectivity index (χ1n) is 11.0. The zero-order chi connectivity index (χ0) is 23.1. The van der Waals surface area contributed by atoms with Crippen LogP contribution in [0.25, 0.3) is 10.1 Å². The molecule has 5 nitrogen and oxygen atoms in total. The molecule has 0 bridgehead atoms. The first-order chi connectivity index (χ1) is 15.4. The molecule has 1 heterocycles. The molecule has 0 radical (unpaired) electrons. The van der Waals surface area contributed by atoms with E-state index in [2.05, 4.69) is 0 Å². The van der Waals surface area contributed by atoms with Crippen molar-refractivity contribution in [2.75, 3.05) is 0 Å². The van der Waals surface area contributed by atoms with Gasteiger partial charge in [-0.3, -0.25) is 9.59 Å². The predicted molar refractivity (Wildman–Crippen MR) is 128 cm³/mol. The van der Waals surface area contributed by atoms with Gasteiger partial charge < -0.3 is 15.3 Å². The zero-order valence-corrected chi connectivity index (χ0v) is 19.4. The lowest BCUT2D eigenvalue weighted by Crippen LogP contribution is -2.19. The molecule has 172 valence electrons. The molecule has 3 rings (SSSR count). The number of rotatable bonds is 11. The summed E-state index contributed by atoms with van der Waals surface area (Å²) in [6.07, 6.45) is 9.14. The maximum atomic E-state index is 12.3. The van der Waals surface area contributed by atoms with Gasteiger partial charge in [-0.15, -0.1) is 11.3 Å². The molecule has 1 aliphatic carbocycles. The normalized spacial score (nSPS) is 22.5. The molecule has 1 fully saturated rings. The summed E-state index contributed by atoms with van der Waals surface area (Å²) >= 11 is 8.12. The van der Waals surface area contributed by atoms with E-state index < -0.39 is 18.2 Å². The lowest BCUT2D eigenvalue weighted by Gasteiger charge is -2.13. The SMILES string of the molecule is O=C(O)CCC/C=C\C[C@H]1C(=O)C(O)C[C@@H]1/C=C/[C@@H](O)CCc1sc2ccccc2c1Cl. The minimum absolute atomic E-state index is 0.122. The summed E-state index contributed by atoms with van der Waals surface area (Å²) in [4.78, 5) is 23.9. The highest BCUT2D eigenvalue weighted by Gasteiger charge is 2.39. The van der Waals surface area contributed by atoms with Gasteiger partial charge in [-0.05, 0) is 50.5 Å². The number of thiophene rings is 1. The van der Waals surface area contributed by atoms with Crippen molar-refractivity contribution in [3.8, 4) is 0 Å². The maximum Gasteiger partial charge on any atom is 0.303 e. The van der Waals surface area contributed by atoms with Gasteiger partial charge in [0, 0.05) is 27.3 Å². The fourth-order valence-corrected chi connectivity index (χ4v) is 5.65. The number of halogens is 1. The van der Waals surface area contributed by atoms with Crippen LogP contribution in [0.4, 0.5) is 0 Å². The van der Waals surface area contributed by atoms with Crippen molar-refractivity contribution in [1.29, 1.82) is 0 Å². The summed E-state index contributed by atoms with van der Waals surface area (Å²) in [5, 5.41) is 30.9. The Labute approximate surface area is 197 Å². The second kappa shape index (κ2) is 11.8. The smallest absolute Gasteiger partial charge is 0.303 e. The summed E-state index contributed by atoms with van der Waals surface area (Å²) in [6.45, 7) is 0. The molecule has 2 aromatic rings. The molecule has 1 aliphatic rings. The van der Waals surface area contributed by atoms with Crippen LogP contribution in [0.1, 0.15) is 43.4 Å². The van der Waals surface area contributed by atoms with Crippen molar-refractivity contribution < 1.29 is 24.9 Å². The first-order valence-corrected chi connectivity index (χ1v) is 12.2. The number of aliphatic hydroxyl groups excluding tert-OH is 2. The highest BCUT2D eigenvalue weighted by Crippen LogP contribution is 2.36. The van der Waals surface area contributed by atoms with E-state index >= 15 is 0 Å². The van der Waals surface area contributed by atoms with Crippen LogP contribution in [0.2, 0.25) is 5.02 Å². The van der Waals surface area contributed by atoms with Crippen molar-refractivity contribution in [3.63, 3.8) is 0 Å². The third-order valence-corrected chi connectivity index (χ3v) is 7.65. The van der Waals surface area contributed by atoms with Crippen molar-refractivity contribution in [2.45, 2.75) is 57.2 Å². The summed E-state index contributed by atoms with van der Waals surface area (Å²) < 4.78 is 1.13. The number of carboxylic acids is 1. The van der Waals surface area contributed by atoms with Crippen LogP contribution in [0, 0.1) is 11.8 Å². The zero-order valence-electron chi connectivity index (χ0n) is 17.8. The van der Waals surface area contributed by atoms with Gasteiger partial charge in [-0.2, -0.15) is 0 Å². The number of fused-ring (bicyclic) bond motifs is 1. The molecule has 0 spiro atoms. The number of carbonyl (C=O) groups excluding carboxylic acids is 1. The number of ketones is 1. The third kappa shape index (κ3) is 6.51. The largest absolute Gasteiger partial charge is 0.481 e. The van der Waals surface area contributed by atoms with E-state index in [1.54, 1.807) is 17.4 Å². The average Bonchev–Trinajstić information content (AvgIpc) is 3.23. The Morgan fingerprint density at radius 3 is 2.81 bits per heavy atom. The van der Waals surface area contributed by atoms with E-state index in [1.807, 2.05) is 42.5 Å². The Balaban J connectivity index is 1.52. The van der Waals surface area contributed by atoms with Crippen LogP contribution < -0.4 is 0 Å². The lowest BCUT2D eigenvalue weighted by atomic mass is 9.91. The van der Waals surface area contributed by atoms with Crippen molar-refractivity contribution in [1.82, 2.24) is 0 Å². The van der Waals surface area contributed by atoms with E-state index in [4.69, 9.17) is 16.7 Å². The van der Waals surface area contributed by atoms with Crippen LogP contribution in [0.15, 0.2) is 48.6 Å².